The molecule has 3 aromatic rings. The number of aryl methyl sites for hydroxylation is 1. The van der Waals surface area contributed by atoms with Crippen LogP contribution in [0.15, 0.2) is 54.9 Å². The number of rotatable bonds is 6. The molecule has 2 aromatic carbocycles. The van der Waals surface area contributed by atoms with E-state index in [0.717, 1.165) is 30.4 Å². The highest BCUT2D eigenvalue weighted by molar-refractivity contribution is 6.04. The minimum atomic E-state index is -0.396. The van der Waals surface area contributed by atoms with Gasteiger partial charge in [0.15, 0.2) is 5.69 Å². The number of fused-ring (bicyclic) bond motifs is 1. The van der Waals surface area contributed by atoms with E-state index in [9.17, 15) is 9.59 Å². The van der Waals surface area contributed by atoms with Crippen LogP contribution in [0.1, 0.15) is 56.6 Å². The summed E-state index contributed by atoms with van der Waals surface area (Å²) >= 11 is 0. The zero-order valence-electron chi connectivity index (χ0n) is 16.8. The van der Waals surface area contributed by atoms with Crippen molar-refractivity contribution in [2.45, 2.75) is 31.8 Å². The first-order chi connectivity index (χ1) is 14.7. The Kier molecular flexibility index (Phi) is 5.79. The van der Waals surface area contributed by atoms with Crippen molar-refractivity contribution in [2.24, 2.45) is 0 Å². The highest BCUT2D eigenvalue weighted by atomic mass is 16.5. The number of hydrogen-bond acceptors (Lipinski definition) is 4. The highest BCUT2D eigenvalue weighted by Crippen LogP contribution is 2.29. The summed E-state index contributed by atoms with van der Waals surface area (Å²) < 4.78 is 5.31. The van der Waals surface area contributed by atoms with E-state index < -0.39 is 5.91 Å². The van der Waals surface area contributed by atoms with E-state index in [1.54, 1.807) is 7.11 Å². The lowest BCUT2D eigenvalue weighted by molar-refractivity contribution is 0.0900. The lowest BCUT2D eigenvalue weighted by Crippen LogP contribution is -2.33. The Hall–Kier alpha value is -3.61. The largest absolute Gasteiger partial charge is 0.496 e. The van der Waals surface area contributed by atoms with E-state index in [-0.39, 0.29) is 29.9 Å². The molecule has 1 aliphatic rings. The van der Waals surface area contributed by atoms with Gasteiger partial charge in [0.1, 0.15) is 11.4 Å². The second kappa shape index (κ2) is 8.82. The molecule has 7 heteroatoms. The van der Waals surface area contributed by atoms with Crippen LogP contribution in [0.25, 0.3) is 0 Å². The van der Waals surface area contributed by atoms with Crippen LogP contribution in [-0.2, 0) is 13.0 Å². The van der Waals surface area contributed by atoms with Crippen molar-refractivity contribution in [3.05, 3.63) is 82.9 Å². The van der Waals surface area contributed by atoms with Crippen LogP contribution in [-0.4, -0.2) is 28.9 Å². The third-order valence-electron chi connectivity index (χ3n) is 5.39. The second-order valence-corrected chi connectivity index (χ2v) is 7.24. The molecule has 0 bridgehead atoms. The van der Waals surface area contributed by atoms with Gasteiger partial charge in [0.05, 0.1) is 19.5 Å². The fraction of sp³-hybridized carbons (Fsp3) is 0.261. The van der Waals surface area contributed by atoms with E-state index in [0.29, 0.717) is 5.75 Å². The van der Waals surface area contributed by atoms with Crippen molar-refractivity contribution in [3.8, 4) is 5.75 Å². The number of nitrogens with zero attached hydrogens (tertiary/aromatic N) is 1. The third kappa shape index (κ3) is 4.05. The number of aromatic amines is 1. The molecule has 0 spiro atoms. The van der Waals surface area contributed by atoms with Crippen LogP contribution in [0.5, 0.6) is 5.75 Å². The smallest absolute Gasteiger partial charge is 0.272 e. The van der Waals surface area contributed by atoms with Gasteiger partial charge in [0.2, 0.25) is 0 Å². The van der Waals surface area contributed by atoms with Crippen molar-refractivity contribution in [2.75, 3.05) is 7.11 Å². The van der Waals surface area contributed by atoms with E-state index in [2.05, 4.69) is 26.7 Å². The van der Waals surface area contributed by atoms with E-state index >= 15 is 0 Å². The van der Waals surface area contributed by atoms with Crippen LogP contribution < -0.4 is 15.4 Å². The van der Waals surface area contributed by atoms with Gasteiger partial charge >= 0.3 is 0 Å². The molecule has 30 heavy (non-hydrogen) atoms. The predicted octanol–water partition coefficient (Wildman–Crippen LogP) is 3.16. The molecular formula is C23H24N4O3. The van der Waals surface area contributed by atoms with Crippen LogP contribution in [0, 0.1) is 0 Å². The number of carbonyl (C=O) groups is 2. The van der Waals surface area contributed by atoms with Crippen molar-refractivity contribution >= 4 is 11.8 Å². The SMILES string of the molecule is COc1ccccc1CNC(=O)c1[nH]cnc1C(=O)NC1CCCc2ccccc21. The Morgan fingerprint density at radius 2 is 1.93 bits per heavy atom. The molecule has 1 aliphatic carbocycles. The summed E-state index contributed by atoms with van der Waals surface area (Å²) in [4.78, 5) is 32.5. The number of methoxy groups -OCH3 is 1. The molecule has 0 aliphatic heterocycles. The summed E-state index contributed by atoms with van der Waals surface area (Å²) in [7, 11) is 1.58. The number of H-pyrrole nitrogens is 1. The van der Waals surface area contributed by atoms with E-state index in [4.69, 9.17) is 4.74 Å². The number of ether oxygens (including phenoxy) is 1. The van der Waals surface area contributed by atoms with Crippen molar-refractivity contribution < 1.29 is 14.3 Å². The topological polar surface area (TPSA) is 96.1 Å². The Morgan fingerprint density at radius 3 is 2.80 bits per heavy atom. The summed E-state index contributed by atoms with van der Waals surface area (Å²) in [5, 5.41) is 5.86. The number of para-hydroxylation sites is 1. The van der Waals surface area contributed by atoms with Gasteiger partial charge in [-0.05, 0) is 36.5 Å². The molecule has 4 rings (SSSR count). The first-order valence-electron chi connectivity index (χ1n) is 9.99. The number of aromatic nitrogens is 2. The lowest BCUT2D eigenvalue weighted by Gasteiger charge is -2.26. The molecule has 0 saturated carbocycles. The lowest BCUT2D eigenvalue weighted by atomic mass is 9.87. The van der Waals surface area contributed by atoms with Crippen molar-refractivity contribution in [1.29, 1.82) is 0 Å². The fourth-order valence-electron chi connectivity index (χ4n) is 3.88. The van der Waals surface area contributed by atoms with Gasteiger partial charge in [-0.2, -0.15) is 0 Å². The maximum absolute atomic E-state index is 12.9. The average Bonchev–Trinajstić information content (AvgIpc) is 3.28. The number of amides is 2. The van der Waals surface area contributed by atoms with Gasteiger partial charge in [0.25, 0.3) is 11.8 Å². The first kappa shape index (κ1) is 19.7. The number of nitrogens with one attached hydrogen (secondary N) is 3. The van der Waals surface area contributed by atoms with Gasteiger partial charge in [0, 0.05) is 12.1 Å². The molecule has 1 heterocycles. The minimum absolute atomic E-state index is 0.0800. The molecule has 0 saturated heterocycles. The number of benzene rings is 2. The highest BCUT2D eigenvalue weighted by Gasteiger charge is 2.26. The van der Waals surface area contributed by atoms with Gasteiger partial charge in [-0.15, -0.1) is 0 Å². The van der Waals surface area contributed by atoms with Gasteiger partial charge in [-0.1, -0.05) is 42.5 Å². The number of carbonyl (C=O) groups excluding carboxylic acids is 2. The Balaban J connectivity index is 1.45. The van der Waals surface area contributed by atoms with Gasteiger partial charge in [-0.3, -0.25) is 9.59 Å². The van der Waals surface area contributed by atoms with Gasteiger partial charge in [-0.25, -0.2) is 4.98 Å². The minimum Gasteiger partial charge on any atom is -0.496 e. The molecule has 2 amide bonds. The summed E-state index contributed by atoms with van der Waals surface area (Å²) in [6.07, 6.45) is 4.25. The molecule has 7 nitrogen and oxygen atoms in total. The zero-order chi connectivity index (χ0) is 20.9. The van der Waals surface area contributed by atoms with E-state index in [1.165, 1.54) is 11.9 Å². The van der Waals surface area contributed by atoms with E-state index in [1.807, 2.05) is 42.5 Å². The second-order valence-electron chi connectivity index (χ2n) is 7.24. The fourth-order valence-corrected chi connectivity index (χ4v) is 3.88. The van der Waals surface area contributed by atoms with Crippen LogP contribution in [0.2, 0.25) is 0 Å². The molecule has 0 radical (unpaired) electrons. The van der Waals surface area contributed by atoms with Gasteiger partial charge < -0.3 is 20.4 Å². The van der Waals surface area contributed by atoms with Crippen LogP contribution in [0.4, 0.5) is 0 Å². The van der Waals surface area contributed by atoms with Crippen LogP contribution >= 0.6 is 0 Å². The molecular weight excluding hydrogens is 380 g/mol. The Labute approximate surface area is 174 Å². The quantitative estimate of drug-likeness (QED) is 0.588. The molecule has 3 N–H and O–H groups in total. The standard InChI is InChI=1S/C23H24N4O3/c1-30-19-12-5-3-8-16(19)13-24-22(28)20-21(26-14-25-20)23(29)27-18-11-6-9-15-7-2-4-10-17(15)18/h2-5,7-8,10,12,14,18H,6,9,11,13H2,1H3,(H,24,28)(H,25,26)(H,27,29). The first-order valence-corrected chi connectivity index (χ1v) is 9.99. The summed E-state index contributed by atoms with van der Waals surface area (Å²) in [5.41, 5.74) is 3.47. The maximum atomic E-state index is 12.9. The number of imidazole rings is 1. The molecule has 154 valence electrons. The summed E-state index contributed by atoms with van der Waals surface area (Å²) in [6.45, 7) is 0.277. The predicted molar refractivity (Wildman–Crippen MR) is 112 cm³/mol. The van der Waals surface area contributed by atoms with Crippen molar-refractivity contribution in [3.63, 3.8) is 0 Å². The molecule has 1 aromatic heterocycles. The zero-order valence-corrected chi connectivity index (χ0v) is 16.8. The van der Waals surface area contributed by atoms with Crippen LogP contribution in [0.3, 0.4) is 0 Å². The maximum Gasteiger partial charge on any atom is 0.272 e. The third-order valence-corrected chi connectivity index (χ3v) is 5.39. The Bertz CT molecular complexity index is 1060. The monoisotopic (exact) mass is 404 g/mol. The Morgan fingerprint density at radius 1 is 1.13 bits per heavy atom. The number of hydrogen-bond donors (Lipinski definition) is 3. The normalized spacial score (nSPS) is 15.2. The average molecular weight is 404 g/mol. The summed E-state index contributed by atoms with van der Waals surface area (Å²) in [5.74, 6) is -0.0654. The molecule has 0 fully saturated rings. The molecule has 1 atom stereocenters. The summed E-state index contributed by atoms with van der Waals surface area (Å²) in [6, 6.07) is 15.5. The van der Waals surface area contributed by atoms with Crippen molar-refractivity contribution in [1.82, 2.24) is 20.6 Å². The molecule has 1 unspecified atom stereocenters.